The van der Waals surface area contributed by atoms with E-state index in [1.807, 2.05) is 110 Å². The van der Waals surface area contributed by atoms with E-state index in [1.165, 1.54) is 12.7 Å². The number of ether oxygens (including phenoxy) is 5. The zero-order chi connectivity index (χ0) is 44.0. The summed E-state index contributed by atoms with van der Waals surface area (Å²) in [5.41, 5.74) is 2.93. The fourth-order valence-electron chi connectivity index (χ4n) is 8.31. The summed E-state index contributed by atoms with van der Waals surface area (Å²) >= 11 is 6.43. The number of rotatable bonds is 16. The number of nitrogens with one attached hydrogen (secondary N) is 2. The number of amides is 1. The molecule has 3 heterocycles. The van der Waals surface area contributed by atoms with E-state index < -0.39 is 35.7 Å². The molecule has 2 aromatic heterocycles. The van der Waals surface area contributed by atoms with Gasteiger partial charge in [0.2, 0.25) is 0 Å². The zero-order valence-corrected chi connectivity index (χ0v) is 35.8. The Morgan fingerprint density at radius 2 is 1.43 bits per heavy atom. The van der Waals surface area contributed by atoms with Crippen LogP contribution in [0.5, 0.6) is 11.5 Å². The van der Waals surface area contributed by atoms with Gasteiger partial charge in [-0.1, -0.05) is 108 Å². The van der Waals surface area contributed by atoms with Crippen molar-refractivity contribution in [2.75, 3.05) is 27.4 Å². The molecule has 0 radical (unpaired) electrons. The number of hydrogen-bond acceptors (Lipinski definition) is 10. The number of carbonyl (C=O) groups excluding carboxylic acids is 1. The molecule has 1 aliphatic heterocycles. The third-order valence-electron chi connectivity index (χ3n) is 11.6. The minimum absolute atomic E-state index is 0.0613. The number of alkyl carbamates (subject to hydrolysis) is 1. The van der Waals surface area contributed by atoms with Crippen LogP contribution in [0.4, 0.5) is 4.79 Å². The largest absolute Gasteiger partial charge is 0.497 e. The minimum atomic E-state index is -1.31. The molecule has 1 aliphatic rings. The fourth-order valence-corrected chi connectivity index (χ4v) is 8.43. The number of benzene rings is 5. The van der Waals surface area contributed by atoms with Crippen molar-refractivity contribution in [3.63, 3.8) is 0 Å². The molecule has 7 aromatic rings. The lowest BCUT2D eigenvalue weighted by atomic mass is 9.79. The first kappa shape index (κ1) is 43.2. The number of fused-ring (bicyclic) bond motifs is 1. The Hall–Kier alpha value is -6.51. The van der Waals surface area contributed by atoms with Crippen molar-refractivity contribution in [1.29, 1.82) is 0 Å². The van der Waals surface area contributed by atoms with E-state index in [4.69, 9.17) is 35.3 Å². The van der Waals surface area contributed by atoms with E-state index >= 15 is 0 Å². The summed E-state index contributed by atoms with van der Waals surface area (Å²) in [6, 6.07) is 40.9. The Bertz CT molecular complexity index is 2580. The first-order valence-electron chi connectivity index (χ1n) is 20.7. The van der Waals surface area contributed by atoms with Gasteiger partial charge in [0.1, 0.15) is 29.4 Å². The van der Waals surface area contributed by atoms with Gasteiger partial charge in [-0.05, 0) is 72.9 Å². The Labute approximate surface area is 369 Å². The van der Waals surface area contributed by atoms with E-state index in [9.17, 15) is 14.7 Å². The van der Waals surface area contributed by atoms with Crippen molar-refractivity contribution < 1.29 is 33.6 Å². The normalized spacial score (nSPS) is 17.3. The van der Waals surface area contributed by atoms with Crippen LogP contribution in [0.15, 0.2) is 145 Å². The Morgan fingerprint density at radius 1 is 0.841 bits per heavy atom. The van der Waals surface area contributed by atoms with Gasteiger partial charge in [0.25, 0.3) is 5.56 Å². The van der Waals surface area contributed by atoms with Gasteiger partial charge in [0, 0.05) is 35.7 Å². The highest BCUT2D eigenvalue weighted by Crippen LogP contribution is 2.44. The van der Waals surface area contributed by atoms with Crippen molar-refractivity contribution in [2.24, 2.45) is 0 Å². The number of aryl methyl sites for hydroxylation is 1. The average molecular weight is 870 g/mol. The van der Waals surface area contributed by atoms with E-state index in [-0.39, 0.29) is 30.6 Å². The highest BCUT2D eigenvalue weighted by Gasteiger charge is 2.42. The second-order valence-electron chi connectivity index (χ2n) is 15.4. The van der Waals surface area contributed by atoms with Crippen molar-refractivity contribution >= 4 is 28.9 Å². The predicted octanol–water partition coefficient (Wildman–Crippen LogP) is 8.21. The average Bonchev–Trinajstić information content (AvgIpc) is 3.92. The number of aromatic nitrogens is 4. The van der Waals surface area contributed by atoms with Crippen LogP contribution >= 0.6 is 11.6 Å². The molecule has 1 saturated heterocycles. The lowest BCUT2D eigenvalue weighted by Gasteiger charge is -2.38. The molecule has 4 unspecified atom stereocenters. The van der Waals surface area contributed by atoms with Gasteiger partial charge in [-0.3, -0.25) is 9.36 Å². The first-order chi connectivity index (χ1) is 30.6. The standard InChI is InChI=1S/C49H48ClN5O8/c1-32-10-12-33(13-11-32)48(34-14-20-38(50)21-15-34,63-47(58)51-29-42-41(56)28-43(62-42)55-31-54-44-45(55)52-30-53-46(44)57)26-7-27-61-49(35-8-5-4-6-9-35,36-16-22-39(59-2)23-17-36)37-18-24-40(60-3)25-19-37/h4-6,8-25,30-31,41-43,56H,7,26-29H2,1-3H3,(H,51,58)(H,52,53,57). The molecule has 5 aromatic carbocycles. The quantitative estimate of drug-likeness (QED) is 0.0639. The number of H-pyrrole nitrogens is 1. The smallest absolute Gasteiger partial charge is 0.408 e. The third-order valence-corrected chi connectivity index (χ3v) is 11.8. The van der Waals surface area contributed by atoms with Gasteiger partial charge in [-0.25, -0.2) is 14.8 Å². The van der Waals surface area contributed by atoms with Gasteiger partial charge < -0.3 is 39.1 Å². The first-order valence-corrected chi connectivity index (χ1v) is 21.0. The molecule has 0 saturated carbocycles. The molecule has 14 heteroatoms. The van der Waals surface area contributed by atoms with Crippen LogP contribution in [0, 0.1) is 6.92 Å². The molecular weight excluding hydrogens is 822 g/mol. The molecule has 63 heavy (non-hydrogen) atoms. The lowest BCUT2D eigenvalue weighted by Crippen LogP contribution is -2.42. The molecule has 8 rings (SSSR count). The topological polar surface area (TPSA) is 159 Å². The maximum atomic E-state index is 14.2. The van der Waals surface area contributed by atoms with Crippen LogP contribution in [-0.2, 0) is 25.4 Å². The Balaban J connectivity index is 1.08. The molecule has 4 atom stereocenters. The zero-order valence-electron chi connectivity index (χ0n) is 35.1. The Morgan fingerprint density at radius 3 is 2.05 bits per heavy atom. The van der Waals surface area contributed by atoms with Crippen LogP contribution < -0.4 is 20.3 Å². The number of nitrogens with zero attached hydrogens (tertiary/aromatic N) is 3. The number of methoxy groups -OCH3 is 2. The van der Waals surface area contributed by atoms with E-state index in [2.05, 4.69) is 32.4 Å². The second-order valence-corrected chi connectivity index (χ2v) is 15.9. The van der Waals surface area contributed by atoms with Crippen LogP contribution in [0.1, 0.15) is 58.9 Å². The predicted molar refractivity (Wildman–Crippen MR) is 238 cm³/mol. The van der Waals surface area contributed by atoms with Gasteiger partial charge in [0.05, 0.1) is 33.0 Å². The van der Waals surface area contributed by atoms with Crippen LogP contribution in [0.25, 0.3) is 11.2 Å². The highest BCUT2D eigenvalue weighted by atomic mass is 35.5. The van der Waals surface area contributed by atoms with Gasteiger partial charge in [-0.15, -0.1) is 0 Å². The van der Waals surface area contributed by atoms with Crippen LogP contribution in [0.2, 0.25) is 5.02 Å². The summed E-state index contributed by atoms with van der Waals surface area (Å²) in [6.07, 6.45) is 0.571. The molecule has 324 valence electrons. The highest BCUT2D eigenvalue weighted by molar-refractivity contribution is 6.30. The molecule has 1 amide bonds. The SMILES string of the molecule is COc1ccc(C(OCCCC(OC(=O)NCC2OC(n3cnc4c(=O)[nH]cnc43)CC2O)(c2ccc(C)cc2)c2ccc(Cl)cc2)(c2ccccc2)c2ccc(OC)cc2)cc1. The number of aliphatic hydroxyl groups is 1. The van der Waals surface area contributed by atoms with Crippen molar-refractivity contribution in [3.05, 3.63) is 189 Å². The monoisotopic (exact) mass is 869 g/mol. The van der Waals surface area contributed by atoms with E-state index in [0.29, 0.717) is 40.6 Å². The molecule has 0 aliphatic carbocycles. The number of hydrogen-bond donors (Lipinski definition) is 3. The number of aliphatic hydroxyl groups excluding tert-OH is 1. The molecule has 13 nitrogen and oxygen atoms in total. The van der Waals surface area contributed by atoms with Crippen LogP contribution in [0.3, 0.4) is 0 Å². The maximum Gasteiger partial charge on any atom is 0.408 e. The van der Waals surface area contributed by atoms with Crippen molar-refractivity contribution in [1.82, 2.24) is 24.8 Å². The summed E-state index contributed by atoms with van der Waals surface area (Å²) in [5.74, 6) is 1.43. The molecule has 0 spiro atoms. The van der Waals surface area contributed by atoms with Gasteiger partial charge in [0.15, 0.2) is 16.8 Å². The summed E-state index contributed by atoms with van der Waals surface area (Å²) < 4.78 is 32.7. The van der Waals surface area contributed by atoms with Crippen molar-refractivity contribution in [2.45, 2.75) is 55.8 Å². The number of imidazole rings is 1. The fraction of sp³-hybridized carbons (Fsp3) is 0.265. The Kier molecular flexibility index (Phi) is 12.9. The van der Waals surface area contributed by atoms with E-state index in [0.717, 1.165) is 27.8 Å². The number of halogens is 1. The van der Waals surface area contributed by atoms with E-state index in [1.54, 1.807) is 30.9 Å². The molecular formula is C49H48ClN5O8. The summed E-state index contributed by atoms with van der Waals surface area (Å²) in [5, 5.41) is 14.5. The van der Waals surface area contributed by atoms with Gasteiger partial charge >= 0.3 is 6.09 Å². The minimum Gasteiger partial charge on any atom is -0.497 e. The summed E-state index contributed by atoms with van der Waals surface area (Å²) in [7, 11) is 3.27. The van der Waals surface area contributed by atoms with Crippen LogP contribution in [-0.4, -0.2) is 70.3 Å². The summed E-state index contributed by atoms with van der Waals surface area (Å²) in [4.78, 5) is 37.4. The second kappa shape index (κ2) is 18.9. The number of aromatic amines is 1. The third kappa shape index (κ3) is 8.91. The summed E-state index contributed by atoms with van der Waals surface area (Å²) in [6.45, 7) is 2.18. The molecule has 1 fully saturated rings. The number of carbonyl (C=O) groups is 1. The lowest BCUT2D eigenvalue weighted by molar-refractivity contribution is -0.0222. The van der Waals surface area contributed by atoms with Gasteiger partial charge in [-0.2, -0.15) is 0 Å². The van der Waals surface area contributed by atoms with Crippen molar-refractivity contribution in [3.8, 4) is 11.5 Å². The molecule has 0 bridgehead atoms. The maximum absolute atomic E-state index is 14.2. The molecule has 3 N–H and O–H groups in total.